The minimum Gasteiger partial charge on any atom is -0.311 e. The van der Waals surface area contributed by atoms with Gasteiger partial charge in [-0.25, -0.2) is 4.39 Å². The Labute approximate surface area is 100 Å². The summed E-state index contributed by atoms with van der Waals surface area (Å²) in [6.45, 7) is 5.29. The van der Waals surface area contributed by atoms with Gasteiger partial charge in [-0.1, -0.05) is 6.07 Å². The van der Waals surface area contributed by atoms with E-state index >= 15 is 0 Å². The summed E-state index contributed by atoms with van der Waals surface area (Å²) in [5.74, 6) is -0.725. The fourth-order valence-electron chi connectivity index (χ4n) is 1.47. The maximum Gasteiger partial charge on any atom is 0.246 e. The van der Waals surface area contributed by atoms with E-state index in [-0.39, 0.29) is 5.91 Å². The first-order chi connectivity index (χ1) is 7.92. The van der Waals surface area contributed by atoms with E-state index in [1.807, 2.05) is 6.07 Å². The fourth-order valence-corrected chi connectivity index (χ4v) is 1.47. The Kier molecular flexibility index (Phi) is 3.84. The lowest BCUT2D eigenvalue weighted by molar-refractivity contribution is -0.124. The molecule has 0 unspecified atom stereocenters. The van der Waals surface area contributed by atoms with Gasteiger partial charge < -0.3 is 4.90 Å². The normalized spacial score (nSPS) is 10.8. The van der Waals surface area contributed by atoms with Crippen LogP contribution in [0.25, 0.3) is 0 Å². The van der Waals surface area contributed by atoms with Crippen LogP contribution in [0.15, 0.2) is 24.3 Å². The number of hydrogen-bond donors (Lipinski definition) is 0. The average Bonchev–Trinajstić information content (AvgIpc) is 2.30. The molecule has 0 saturated heterocycles. The lowest BCUT2D eigenvalue weighted by atomic mass is 9.93. The van der Waals surface area contributed by atoms with E-state index in [0.717, 1.165) is 0 Å². The third-order valence-corrected chi connectivity index (χ3v) is 2.50. The highest BCUT2D eigenvalue weighted by Crippen LogP contribution is 2.23. The molecule has 0 aliphatic carbocycles. The van der Waals surface area contributed by atoms with Crippen molar-refractivity contribution in [1.29, 1.82) is 5.26 Å². The van der Waals surface area contributed by atoms with Gasteiger partial charge in [0.15, 0.2) is 0 Å². The van der Waals surface area contributed by atoms with Gasteiger partial charge in [0, 0.05) is 12.2 Å². The number of nitrogens with zero attached hydrogens (tertiary/aromatic N) is 2. The maximum atomic E-state index is 13.1. The second kappa shape index (κ2) is 4.96. The van der Waals surface area contributed by atoms with E-state index in [1.54, 1.807) is 32.9 Å². The summed E-state index contributed by atoms with van der Waals surface area (Å²) >= 11 is 0. The van der Waals surface area contributed by atoms with Crippen LogP contribution in [-0.2, 0) is 4.79 Å². The van der Waals surface area contributed by atoms with Crippen molar-refractivity contribution < 1.29 is 9.18 Å². The number of nitriles is 1. The van der Waals surface area contributed by atoms with E-state index in [0.29, 0.717) is 12.2 Å². The summed E-state index contributed by atoms with van der Waals surface area (Å²) < 4.78 is 13.1. The van der Waals surface area contributed by atoms with Gasteiger partial charge >= 0.3 is 0 Å². The predicted octanol–water partition coefficient (Wildman–Crippen LogP) is 2.73. The Morgan fingerprint density at radius 2 is 2.18 bits per heavy atom. The highest BCUT2D eigenvalue weighted by molar-refractivity contribution is 5.98. The van der Waals surface area contributed by atoms with Crippen LogP contribution < -0.4 is 4.90 Å². The van der Waals surface area contributed by atoms with Crippen LogP contribution in [0.5, 0.6) is 0 Å². The molecule has 1 amide bonds. The van der Waals surface area contributed by atoms with E-state index in [1.165, 1.54) is 17.0 Å². The zero-order valence-corrected chi connectivity index (χ0v) is 10.2. The van der Waals surface area contributed by atoms with Crippen LogP contribution in [0.1, 0.15) is 20.8 Å². The van der Waals surface area contributed by atoms with Gasteiger partial charge in [-0.2, -0.15) is 5.26 Å². The number of halogens is 1. The molecule has 3 nitrogen and oxygen atoms in total. The molecular weight excluding hydrogens is 219 g/mol. The quantitative estimate of drug-likeness (QED) is 0.807. The molecule has 4 heteroatoms. The molecule has 1 aromatic carbocycles. The summed E-state index contributed by atoms with van der Waals surface area (Å²) in [7, 11) is 0. The van der Waals surface area contributed by atoms with E-state index < -0.39 is 11.2 Å². The molecule has 0 heterocycles. The minimum atomic E-state index is -1.11. The van der Waals surface area contributed by atoms with E-state index in [2.05, 4.69) is 0 Å². The van der Waals surface area contributed by atoms with Crippen molar-refractivity contribution in [3.63, 3.8) is 0 Å². The lowest BCUT2D eigenvalue weighted by Crippen LogP contribution is -2.40. The molecule has 0 N–H and O–H groups in total. The largest absolute Gasteiger partial charge is 0.311 e. The smallest absolute Gasteiger partial charge is 0.246 e. The topological polar surface area (TPSA) is 44.1 Å². The molecule has 17 heavy (non-hydrogen) atoms. The number of rotatable bonds is 3. The molecule has 0 spiro atoms. The van der Waals surface area contributed by atoms with E-state index in [4.69, 9.17) is 5.26 Å². The van der Waals surface area contributed by atoms with Gasteiger partial charge in [0.05, 0.1) is 6.07 Å². The number of carbonyl (C=O) groups excluding carboxylic acids is 1. The predicted molar refractivity (Wildman–Crippen MR) is 63.8 cm³/mol. The number of hydrogen-bond acceptors (Lipinski definition) is 2. The Balaban J connectivity index is 3.10. The molecule has 0 bridgehead atoms. The summed E-state index contributed by atoms with van der Waals surface area (Å²) in [5.41, 5.74) is -0.636. The molecule has 0 aromatic heterocycles. The van der Waals surface area contributed by atoms with Gasteiger partial charge in [0.1, 0.15) is 11.2 Å². The standard InChI is InChI=1S/C13H15FN2O/c1-4-16(12(17)13(2,3)9-15)11-7-5-6-10(14)8-11/h5-8H,4H2,1-3H3. The average molecular weight is 234 g/mol. The SMILES string of the molecule is CCN(C(=O)C(C)(C)C#N)c1cccc(F)c1. The lowest BCUT2D eigenvalue weighted by Gasteiger charge is -2.26. The van der Waals surface area contributed by atoms with Crippen LogP contribution in [-0.4, -0.2) is 12.5 Å². The molecule has 0 aliphatic rings. The second-order valence-corrected chi connectivity index (χ2v) is 4.27. The van der Waals surface area contributed by atoms with Gasteiger partial charge in [-0.15, -0.1) is 0 Å². The summed E-state index contributed by atoms with van der Waals surface area (Å²) in [6.07, 6.45) is 0. The molecule has 0 saturated carbocycles. The Morgan fingerprint density at radius 1 is 1.53 bits per heavy atom. The molecule has 0 fully saturated rings. The molecular formula is C13H15FN2O. The summed E-state index contributed by atoms with van der Waals surface area (Å²) in [5, 5.41) is 8.94. The maximum absolute atomic E-state index is 13.1. The van der Waals surface area contributed by atoms with Gasteiger partial charge in [-0.3, -0.25) is 4.79 Å². The molecule has 0 atom stereocenters. The molecule has 0 aliphatic heterocycles. The van der Waals surface area contributed by atoms with Gasteiger partial charge in [-0.05, 0) is 39.0 Å². The van der Waals surface area contributed by atoms with Crippen LogP contribution in [0.2, 0.25) is 0 Å². The van der Waals surface area contributed by atoms with Crippen LogP contribution in [0.4, 0.5) is 10.1 Å². The molecule has 1 rings (SSSR count). The van der Waals surface area contributed by atoms with Gasteiger partial charge in [0.25, 0.3) is 0 Å². The Morgan fingerprint density at radius 3 is 2.65 bits per heavy atom. The van der Waals surface area contributed by atoms with Crippen molar-refractivity contribution in [3.05, 3.63) is 30.1 Å². The number of amides is 1. The fraction of sp³-hybridized carbons (Fsp3) is 0.385. The van der Waals surface area contributed by atoms with Crippen molar-refractivity contribution in [2.24, 2.45) is 5.41 Å². The number of benzene rings is 1. The third-order valence-electron chi connectivity index (χ3n) is 2.50. The Hall–Kier alpha value is -1.89. The highest BCUT2D eigenvalue weighted by Gasteiger charge is 2.32. The first-order valence-electron chi connectivity index (χ1n) is 5.41. The highest BCUT2D eigenvalue weighted by atomic mass is 19.1. The van der Waals surface area contributed by atoms with Crippen LogP contribution in [0.3, 0.4) is 0 Å². The Bertz CT molecular complexity index is 463. The monoisotopic (exact) mass is 234 g/mol. The first kappa shape index (κ1) is 13.2. The van der Waals surface area contributed by atoms with Crippen molar-refractivity contribution in [2.45, 2.75) is 20.8 Å². The van der Waals surface area contributed by atoms with Crippen molar-refractivity contribution >= 4 is 11.6 Å². The van der Waals surface area contributed by atoms with E-state index in [9.17, 15) is 9.18 Å². The summed E-state index contributed by atoms with van der Waals surface area (Å²) in [4.78, 5) is 13.5. The first-order valence-corrected chi connectivity index (χ1v) is 5.41. The second-order valence-electron chi connectivity index (χ2n) is 4.27. The van der Waals surface area contributed by atoms with Crippen molar-refractivity contribution in [1.82, 2.24) is 0 Å². The van der Waals surface area contributed by atoms with Gasteiger partial charge in [0.2, 0.25) is 5.91 Å². The molecule has 1 aromatic rings. The minimum absolute atomic E-state index is 0.326. The summed E-state index contributed by atoms with van der Waals surface area (Å²) in [6, 6.07) is 7.75. The zero-order chi connectivity index (χ0) is 13.1. The van der Waals surface area contributed by atoms with Crippen LogP contribution >= 0.6 is 0 Å². The zero-order valence-electron chi connectivity index (χ0n) is 10.2. The third kappa shape index (κ3) is 2.82. The van der Waals surface area contributed by atoms with Crippen molar-refractivity contribution in [2.75, 3.05) is 11.4 Å². The molecule has 90 valence electrons. The van der Waals surface area contributed by atoms with Crippen LogP contribution in [0, 0.1) is 22.6 Å². The van der Waals surface area contributed by atoms with Crippen molar-refractivity contribution in [3.8, 4) is 6.07 Å². The molecule has 0 radical (unpaired) electrons. The number of anilines is 1. The number of carbonyl (C=O) groups is 1.